The van der Waals surface area contributed by atoms with E-state index in [1.807, 2.05) is 24.1 Å². The molecule has 0 aliphatic heterocycles. The molecule has 2 aromatic heterocycles. The highest BCUT2D eigenvalue weighted by molar-refractivity contribution is 5.80. The van der Waals surface area contributed by atoms with E-state index in [0.29, 0.717) is 0 Å². The summed E-state index contributed by atoms with van der Waals surface area (Å²) >= 11 is 0. The Labute approximate surface area is 157 Å². The first kappa shape index (κ1) is 19.9. The maximum atomic E-state index is 4.73. The van der Waals surface area contributed by atoms with Gasteiger partial charge in [-0.1, -0.05) is 0 Å². The zero-order valence-corrected chi connectivity index (χ0v) is 16.9. The van der Waals surface area contributed by atoms with Gasteiger partial charge in [0, 0.05) is 44.3 Å². The van der Waals surface area contributed by atoms with Crippen molar-refractivity contribution in [2.24, 2.45) is 12.0 Å². The van der Waals surface area contributed by atoms with Crippen LogP contribution in [0.15, 0.2) is 23.5 Å². The number of guanidine groups is 1. The van der Waals surface area contributed by atoms with Gasteiger partial charge in [0.2, 0.25) is 0 Å². The molecule has 0 aliphatic rings. The number of aliphatic imine (C=N–C) groups is 1. The Morgan fingerprint density at radius 1 is 1.31 bits per heavy atom. The van der Waals surface area contributed by atoms with Gasteiger partial charge in [-0.15, -0.1) is 0 Å². The molecule has 6 heteroatoms. The Morgan fingerprint density at radius 2 is 2.08 bits per heavy atom. The average molecular weight is 357 g/mol. The minimum atomic E-state index is 0.275. The third-order valence-electron chi connectivity index (χ3n) is 4.68. The van der Waals surface area contributed by atoms with Gasteiger partial charge in [0.25, 0.3) is 0 Å². The van der Waals surface area contributed by atoms with E-state index in [4.69, 9.17) is 4.99 Å². The average Bonchev–Trinajstić information content (AvgIpc) is 2.83. The minimum Gasteiger partial charge on any atom is -0.357 e. The zero-order valence-electron chi connectivity index (χ0n) is 16.9. The third-order valence-corrected chi connectivity index (χ3v) is 4.68. The van der Waals surface area contributed by atoms with Crippen LogP contribution in [0.2, 0.25) is 0 Å². The van der Waals surface area contributed by atoms with Gasteiger partial charge in [-0.25, -0.2) is 0 Å². The predicted octanol–water partition coefficient (Wildman–Crippen LogP) is 2.47. The summed E-state index contributed by atoms with van der Waals surface area (Å²) in [6, 6.07) is 2.35. The summed E-state index contributed by atoms with van der Waals surface area (Å²) in [5, 5.41) is 11.4. The molecule has 2 aromatic rings. The highest BCUT2D eigenvalue weighted by Crippen LogP contribution is 2.14. The Bertz CT molecular complexity index is 747. The van der Waals surface area contributed by atoms with E-state index in [-0.39, 0.29) is 6.04 Å². The van der Waals surface area contributed by atoms with E-state index in [2.05, 4.69) is 61.4 Å². The molecule has 2 N–H and O–H groups in total. The molecule has 0 spiro atoms. The van der Waals surface area contributed by atoms with Crippen LogP contribution in [0.5, 0.6) is 0 Å². The standard InChI is InChI=1S/C20H32N6/c1-7-22-20(23-11-9-18-8-10-21-13-14(18)2)24-15(3)12-19-16(4)25-26(6)17(19)5/h8,10,13,15H,7,9,11-12H2,1-6H3,(H2,22,23,24). The van der Waals surface area contributed by atoms with Crippen LogP contribution < -0.4 is 10.6 Å². The van der Waals surface area contributed by atoms with Crippen LogP contribution >= 0.6 is 0 Å². The lowest BCUT2D eigenvalue weighted by molar-refractivity contribution is 0.635. The molecule has 0 aliphatic carbocycles. The highest BCUT2D eigenvalue weighted by Gasteiger charge is 2.14. The van der Waals surface area contributed by atoms with Crippen molar-refractivity contribution in [1.82, 2.24) is 25.4 Å². The van der Waals surface area contributed by atoms with Gasteiger partial charge in [0.1, 0.15) is 0 Å². The second-order valence-corrected chi connectivity index (χ2v) is 6.84. The van der Waals surface area contributed by atoms with Crippen molar-refractivity contribution < 1.29 is 0 Å². The summed E-state index contributed by atoms with van der Waals surface area (Å²) in [6.45, 7) is 12.2. The number of rotatable bonds is 7. The first-order valence-corrected chi connectivity index (χ1v) is 9.35. The van der Waals surface area contributed by atoms with Gasteiger partial charge in [-0.2, -0.15) is 5.10 Å². The smallest absolute Gasteiger partial charge is 0.191 e. The lowest BCUT2D eigenvalue weighted by atomic mass is 10.1. The molecule has 6 nitrogen and oxygen atoms in total. The number of nitrogens with one attached hydrogen (secondary N) is 2. The minimum absolute atomic E-state index is 0.275. The number of pyridine rings is 1. The van der Waals surface area contributed by atoms with E-state index < -0.39 is 0 Å². The summed E-state index contributed by atoms with van der Waals surface area (Å²) in [6.07, 6.45) is 5.60. The molecule has 0 radical (unpaired) electrons. The van der Waals surface area contributed by atoms with Gasteiger partial charge in [0.15, 0.2) is 5.96 Å². The summed E-state index contributed by atoms with van der Waals surface area (Å²) in [5.41, 5.74) is 6.17. The van der Waals surface area contributed by atoms with Crippen LogP contribution in [-0.2, 0) is 19.9 Å². The number of hydrogen-bond donors (Lipinski definition) is 2. The first-order chi connectivity index (χ1) is 12.4. The molecule has 2 rings (SSSR count). The van der Waals surface area contributed by atoms with Crippen LogP contribution in [0, 0.1) is 20.8 Å². The van der Waals surface area contributed by atoms with E-state index in [0.717, 1.165) is 37.6 Å². The van der Waals surface area contributed by atoms with E-state index in [1.165, 1.54) is 22.4 Å². The molecular weight excluding hydrogens is 324 g/mol. The van der Waals surface area contributed by atoms with Crippen molar-refractivity contribution in [3.8, 4) is 0 Å². The molecule has 26 heavy (non-hydrogen) atoms. The molecular formula is C20H32N6. The Balaban J connectivity index is 1.96. The van der Waals surface area contributed by atoms with Gasteiger partial charge >= 0.3 is 0 Å². The van der Waals surface area contributed by atoms with Crippen LogP contribution in [-0.4, -0.2) is 39.9 Å². The van der Waals surface area contributed by atoms with Crippen LogP contribution in [0.4, 0.5) is 0 Å². The van der Waals surface area contributed by atoms with Crippen molar-refractivity contribution in [2.45, 2.75) is 53.5 Å². The van der Waals surface area contributed by atoms with Crippen molar-refractivity contribution in [1.29, 1.82) is 0 Å². The summed E-state index contributed by atoms with van der Waals surface area (Å²) in [7, 11) is 2.00. The van der Waals surface area contributed by atoms with Gasteiger partial charge in [0.05, 0.1) is 5.69 Å². The second-order valence-electron chi connectivity index (χ2n) is 6.84. The lowest BCUT2D eigenvalue weighted by Gasteiger charge is -2.18. The summed E-state index contributed by atoms with van der Waals surface area (Å²) in [4.78, 5) is 8.88. The fourth-order valence-electron chi connectivity index (χ4n) is 3.09. The van der Waals surface area contributed by atoms with E-state index in [9.17, 15) is 0 Å². The molecule has 142 valence electrons. The molecule has 0 saturated heterocycles. The normalized spacial score (nSPS) is 12.9. The fourth-order valence-corrected chi connectivity index (χ4v) is 3.09. The Hall–Kier alpha value is -2.37. The molecule has 0 bridgehead atoms. The lowest BCUT2D eigenvalue weighted by Crippen LogP contribution is -2.43. The Kier molecular flexibility index (Phi) is 7.18. The molecule has 1 atom stereocenters. The van der Waals surface area contributed by atoms with E-state index in [1.54, 1.807) is 0 Å². The Morgan fingerprint density at radius 3 is 2.69 bits per heavy atom. The maximum Gasteiger partial charge on any atom is 0.191 e. The number of hydrogen-bond acceptors (Lipinski definition) is 3. The molecule has 1 unspecified atom stereocenters. The summed E-state index contributed by atoms with van der Waals surface area (Å²) in [5.74, 6) is 0.867. The quantitative estimate of drug-likeness (QED) is 0.591. The van der Waals surface area contributed by atoms with E-state index >= 15 is 0 Å². The fraction of sp³-hybridized carbons (Fsp3) is 0.550. The van der Waals surface area contributed by atoms with Gasteiger partial charge in [-0.05, 0) is 70.2 Å². The molecule has 0 saturated carbocycles. The molecule has 2 heterocycles. The largest absolute Gasteiger partial charge is 0.357 e. The number of nitrogens with zero attached hydrogens (tertiary/aromatic N) is 4. The SMILES string of the molecule is CCNC(=NCCc1ccncc1C)NC(C)Cc1c(C)nn(C)c1C. The van der Waals surface area contributed by atoms with Gasteiger partial charge in [-0.3, -0.25) is 14.7 Å². The van der Waals surface area contributed by atoms with Crippen molar-refractivity contribution in [3.63, 3.8) is 0 Å². The molecule has 0 aromatic carbocycles. The zero-order chi connectivity index (χ0) is 19.1. The van der Waals surface area contributed by atoms with Crippen LogP contribution in [0.3, 0.4) is 0 Å². The maximum absolute atomic E-state index is 4.73. The second kappa shape index (κ2) is 9.36. The van der Waals surface area contributed by atoms with Gasteiger partial charge < -0.3 is 10.6 Å². The highest BCUT2D eigenvalue weighted by atomic mass is 15.3. The molecule has 0 fully saturated rings. The van der Waals surface area contributed by atoms with Crippen LogP contribution in [0.25, 0.3) is 0 Å². The monoisotopic (exact) mass is 356 g/mol. The summed E-state index contributed by atoms with van der Waals surface area (Å²) < 4.78 is 1.95. The van der Waals surface area contributed by atoms with Crippen molar-refractivity contribution in [3.05, 3.63) is 46.5 Å². The number of aryl methyl sites for hydroxylation is 3. The predicted molar refractivity (Wildman–Crippen MR) is 108 cm³/mol. The first-order valence-electron chi connectivity index (χ1n) is 9.35. The molecule has 0 amide bonds. The van der Waals surface area contributed by atoms with Crippen molar-refractivity contribution in [2.75, 3.05) is 13.1 Å². The van der Waals surface area contributed by atoms with Crippen molar-refractivity contribution >= 4 is 5.96 Å². The van der Waals surface area contributed by atoms with Crippen LogP contribution in [0.1, 0.15) is 41.9 Å². The topological polar surface area (TPSA) is 67.1 Å². The third kappa shape index (κ3) is 5.31. The number of aromatic nitrogens is 3.